The Labute approximate surface area is 110 Å². The van der Waals surface area contributed by atoms with Gasteiger partial charge in [-0.25, -0.2) is 0 Å². The second kappa shape index (κ2) is 5.15. The van der Waals surface area contributed by atoms with E-state index in [1.807, 2.05) is 25.8 Å². The fraction of sp³-hybridized carbons (Fsp3) is 0.923. The molecule has 1 amide bonds. The molecule has 17 heavy (non-hydrogen) atoms. The number of nitrogens with zero attached hydrogens (tertiary/aromatic N) is 2. The monoisotopic (exact) mass is 260 g/mol. The van der Waals surface area contributed by atoms with Gasteiger partial charge >= 0.3 is 0 Å². The Bertz CT molecular complexity index is 285. The number of carbonyl (C=O) groups is 1. The highest BCUT2D eigenvalue weighted by Crippen LogP contribution is 2.37. The second-order valence-corrected chi connectivity index (χ2v) is 6.42. The number of carbonyl (C=O) groups excluding carboxylic acids is 1. The number of likely N-dealkylation sites (N-methyl/N-ethyl adjacent to an activating group) is 2. The Morgan fingerprint density at radius 2 is 1.82 bits per heavy atom. The molecule has 0 atom stereocenters. The predicted molar refractivity (Wildman–Crippen MR) is 72.4 cm³/mol. The molecule has 0 heterocycles. The molecule has 0 bridgehead atoms. The number of halogens is 1. The van der Waals surface area contributed by atoms with E-state index in [4.69, 9.17) is 11.6 Å². The Morgan fingerprint density at radius 1 is 1.29 bits per heavy atom. The van der Waals surface area contributed by atoms with E-state index < -0.39 is 5.41 Å². The zero-order valence-corrected chi connectivity index (χ0v) is 12.5. The van der Waals surface area contributed by atoms with Crippen LogP contribution in [0.25, 0.3) is 0 Å². The quantitative estimate of drug-likeness (QED) is 0.708. The maximum atomic E-state index is 12.3. The third-order valence-corrected chi connectivity index (χ3v) is 4.69. The van der Waals surface area contributed by atoms with Crippen molar-refractivity contribution < 1.29 is 4.79 Å². The third-order valence-electron chi connectivity index (χ3n) is 4.02. The van der Waals surface area contributed by atoms with Crippen LogP contribution in [0.5, 0.6) is 0 Å². The van der Waals surface area contributed by atoms with Crippen molar-refractivity contribution in [3.05, 3.63) is 0 Å². The Morgan fingerprint density at radius 3 is 2.12 bits per heavy atom. The first-order chi connectivity index (χ1) is 7.75. The Hall–Kier alpha value is -0.280. The lowest BCUT2D eigenvalue weighted by molar-refractivity contribution is -0.140. The molecule has 0 spiro atoms. The fourth-order valence-corrected chi connectivity index (χ4v) is 2.53. The average Bonchev–Trinajstić information content (AvgIpc) is 2.21. The van der Waals surface area contributed by atoms with Crippen molar-refractivity contribution >= 4 is 17.5 Å². The molecule has 0 N–H and O–H groups in total. The van der Waals surface area contributed by atoms with Gasteiger partial charge in [0.25, 0.3) is 0 Å². The Balaban J connectivity index is 2.66. The summed E-state index contributed by atoms with van der Waals surface area (Å²) in [5.41, 5.74) is -0.277. The van der Waals surface area contributed by atoms with Gasteiger partial charge in [-0.2, -0.15) is 0 Å². The van der Waals surface area contributed by atoms with Gasteiger partial charge in [0.15, 0.2) is 0 Å². The molecule has 1 saturated carbocycles. The molecule has 1 fully saturated rings. The topological polar surface area (TPSA) is 23.6 Å². The van der Waals surface area contributed by atoms with Crippen LogP contribution in [0.2, 0.25) is 0 Å². The molecule has 0 aromatic carbocycles. The highest BCUT2D eigenvalue weighted by atomic mass is 35.5. The summed E-state index contributed by atoms with van der Waals surface area (Å²) in [7, 11) is 6.09. The van der Waals surface area contributed by atoms with Gasteiger partial charge in [-0.15, -0.1) is 11.6 Å². The summed E-state index contributed by atoms with van der Waals surface area (Å²) >= 11 is 5.86. The molecule has 0 aliphatic heterocycles. The van der Waals surface area contributed by atoms with Crippen molar-refractivity contribution in [2.45, 2.75) is 38.6 Å². The van der Waals surface area contributed by atoms with Crippen molar-refractivity contribution in [1.82, 2.24) is 9.80 Å². The summed E-state index contributed by atoms with van der Waals surface area (Å²) in [6.07, 6.45) is 3.62. The standard InChI is InChI=1S/C13H25ClN2O/c1-12(2,9-14)11(17)16(5)10-13(15(3)4)7-6-8-13/h6-10H2,1-5H3. The van der Waals surface area contributed by atoms with Gasteiger partial charge in [0, 0.05) is 25.0 Å². The highest BCUT2D eigenvalue weighted by Gasteiger charge is 2.42. The van der Waals surface area contributed by atoms with E-state index in [9.17, 15) is 4.79 Å². The van der Waals surface area contributed by atoms with Gasteiger partial charge < -0.3 is 9.80 Å². The Kier molecular flexibility index (Phi) is 4.48. The minimum atomic E-state index is -0.465. The fourth-order valence-electron chi connectivity index (χ4n) is 2.42. The number of rotatable bonds is 5. The first-order valence-electron chi connectivity index (χ1n) is 6.24. The minimum absolute atomic E-state index is 0.139. The van der Waals surface area contributed by atoms with Crippen LogP contribution in [-0.2, 0) is 4.79 Å². The van der Waals surface area contributed by atoms with Crippen molar-refractivity contribution in [1.29, 1.82) is 0 Å². The minimum Gasteiger partial charge on any atom is -0.343 e. The third kappa shape index (κ3) is 2.94. The van der Waals surface area contributed by atoms with E-state index in [0.29, 0.717) is 5.88 Å². The van der Waals surface area contributed by atoms with E-state index in [-0.39, 0.29) is 11.4 Å². The van der Waals surface area contributed by atoms with Gasteiger partial charge in [-0.1, -0.05) is 0 Å². The van der Waals surface area contributed by atoms with Crippen molar-refractivity contribution in [3.63, 3.8) is 0 Å². The summed E-state index contributed by atoms with van der Waals surface area (Å²) in [6, 6.07) is 0. The van der Waals surface area contributed by atoms with Crippen LogP contribution < -0.4 is 0 Å². The normalized spacial score (nSPS) is 19.0. The maximum absolute atomic E-state index is 12.3. The molecule has 1 rings (SSSR count). The van der Waals surface area contributed by atoms with E-state index >= 15 is 0 Å². The first-order valence-corrected chi connectivity index (χ1v) is 6.78. The highest BCUT2D eigenvalue weighted by molar-refractivity contribution is 6.19. The molecule has 1 aliphatic rings. The summed E-state index contributed by atoms with van der Waals surface area (Å²) in [6.45, 7) is 4.61. The van der Waals surface area contributed by atoms with Crippen molar-refractivity contribution in [2.75, 3.05) is 33.6 Å². The number of hydrogen-bond donors (Lipinski definition) is 0. The summed E-state index contributed by atoms with van der Waals surface area (Å²) in [4.78, 5) is 16.4. The van der Waals surface area contributed by atoms with E-state index in [1.54, 1.807) is 0 Å². The lowest BCUT2D eigenvalue weighted by atomic mass is 9.75. The van der Waals surface area contributed by atoms with Crippen LogP contribution in [-0.4, -0.2) is 54.8 Å². The SMILES string of the molecule is CN(CC1(N(C)C)CCC1)C(=O)C(C)(C)CCl. The van der Waals surface area contributed by atoms with Crippen LogP contribution in [0.15, 0.2) is 0 Å². The van der Waals surface area contributed by atoms with Gasteiger partial charge in [0.1, 0.15) is 0 Å². The van der Waals surface area contributed by atoms with E-state index in [1.165, 1.54) is 19.3 Å². The zero-order valence-electron chi connectivity index (χ0n) is 11.7. The molecule has 0 aromatic rings. The number of amides is 1. The second-order valence-electron chi connectivity index (χ2n) is 6.15. The average molecular weight is 261 g/mol. The van der Waals surface area contributed by atoms with Gasteiger partial charge in [0.05, 0.1) is 5.41 Å². The molecule has 100 valence electrons. The summed E-state index contributed by atoms with van der Waals surface area (Å²) < 4.78 is 0. The zero-order chi connectivity index (χ0) is 13.3. The number of alkyl halides is 1. The lowest BCUT2D eigenvalue weighted by Gasteiger charge is -2.49. The molecule has 0 radical (unpaired) electrons. The van der Waals surface area contributed by atoms with E-state index in [2.05, 4.69) is 19.0 Å². The predicted octanol–water partition coefficient (Wildman–Crippen LogP) is 2.19. The molecular formula is C13H25ClN2O. The van der Waals surface area contributed by atoms with Crippen molar-refractivity contribution in [2.24, 2.45) is 5.41 Å². The van der Waals surface area contributed by atoms with Gasteiger partial charge in [-0.05, 0) is 47.2 Å². The van der Waals surface area contributed by atoms with Gasteiger partial charge in [-0.3, -0.25) is 4.79 Å². The maximum Gasteiger partial charge on any atom is 0.229 e. The lowest BCUT2D eigenvalue weighted by Crippen LogP contribution is -2.58. The smallest absolute Gasteiger partial charge is 0.229 e. The van der Waals surface area contributed by atoms with Crippen LogP contribution in [0.3, 0.4) is 0 Å². The first kappa shape index (κ1) is 14.8. The molecular weight excluding hydrogens is 236 g/mol. The van der Waals surface area contributed by atoms with Crippen LogP contribution in [0, 0.1) is 5.41 Å². The van der Waals surface area contributed by atoms with Gasteiger partial charge in [0.2, 0.25) is 5.91 Å². The number of hydrogen-bond acceptors (Lipinski definition) is 2. The summed E-state index contributed by atoms with van der Waals surface area (Å²) in [5, 5.41) is 0. The van der Waals surface area contributed by atoms with E-state index in [0.717, 1.165) is 6.54 Å². The molecule has 1 aliphatic carbocycles. The van der Waals surface area contributed by atoms with Crippen LogP contribution in [0.1, 0.15) is 33.1 Å². The molecule has 4 heteroatoms. The molecule has 0 aromatic heterocycles. The van der Waals surface area contributed by atoms with Crippen LogP contribution >= 0.6 is 11.6 Å². The van der Waals surface area contributed by atoms with Crippen molar-refractivity contribution in [3.8, 4) is 0 Å². The molecule has 0 unspecified atom stereocenters. The molecule has 0 saturated heterocycles. The largest absolute Gasteiger partial charge is 0.343 e. The summed E-state index contributed by atoms with van der Waals surface area (Å²) in [5.74, 6) is 0.506. The molecule has 3 nitrogen and oxygen atoms in total. The van der Waals surface area contributed by atoms with Crippen LogP contribution in [0.4, 0.5) is 0 Å².